The van der Waals surface area contributed by atoms with Gasteiger partial charge in [0.05, 0.1) is 0 Å². The number of nitriles is 1. The highest BCUT2D eigenvalue weighted by Gasteiger charge is 2.28. The molecule has 3 aromatic heterocycles. The van der Waals surface area contributed by atoms with Gasteiger partial charge in [0.25, 0.3) is 5.89 Å². The Hall–Kier alpha value is -4.12. The van der Waals surface area contributed by atoms with Crippen LogP contribution in [0.3, 0.4) is 0 Å². The van der Waals surface area contributed by atoms with Crippen molar-refractivity contribution in [3.8, 4) is 23.4 Å². The molecule has 8 nitrogen and oxygen atoms in total. The predicted molar refractivity (Wildman–Crippen MR) is 106 cm³/mol. The molecule has 0 spiro atoms. The van der Waals surface area contributed by atoms with Crippen LogP contribution in [-0.2, 0) is 4.74 Å². The maximum Gasteiger partial charge on any atom is 0.343 e. The molecule has 0 aliphatic carbocycles. The highest BCUT2D eigenvalue weighted by atomic mass is 16.6. The van der Waals surface area contributed by atoms with Crippen LogP contribution in [0.5, 0.6) is 0 Å². The van der Waals surface area contributed by atoms with Crippen molar-refractivity contribution in [3.05, 3.63) is 77.1 Å². The summed E-state index contributed by atoms with van der Waals surface area (Å²) in [5.74, 6) is 0.343. The lowest BCUT2D eigenvalue weighted by Gasteiger charge is -2.09. The molecule has 0 N–H and O–H groups in total. The zero-order valence-corrected chi connectivity index (χ0v) is 16.6. The summed E-state index contributed by atoms with van der Waals surface area (Å²) in [5.41, 5.74) is 2.06. The van der Waals surface area contributed by atoms with Crippen molar-refractivity contribution in [1.29, 1.82) is 5.26 Å². The van der Waals surface area contributed by atoms with Crippen molar-refractivity contribution >= 4 is 5.97 Å². The van der Waals surface area contributed by atoms with Crippen LogP contribution in [0.25, 0.3) is 17.3 Å². The standard InChI is InChI=1S/C22H18N4O4/c1-13-6-8-16(9-7-13)20-25-24-19(30-20)15(3)29-22(27)18-14(2)28-21(17(18)12-23)26-10-4-5-11-26/h4-11,15H,1-3H3/t15-/m1/s1. The Labute approximate surface area is 172 Å². The molecule has 4 aromatic rings. The summed E-state index contributed by atoms with van der Waals surface area (Å²) >= 11 is 0. The van der Waals surface area contributed by atoms with Crippen LogP contribution in [0, 0.1) is 25.2 Å². The molecule has 0 aliphatic heterocycles. The molecule has 0 saturated carbocycles. The van der Waals surface area contributed by atoms with E-state index in [-0.39, 0.29) is 22.9 Å². The van der Waals surface area contributed by atoms with Crippen molar-refractivity contribution in [2.75, 3.05) is 0 Å². The number of carbonyl (C=O) groups excluding carboxylic acids is 1. The first-order valence-corrected chi connectivity index (χ1v) is 9.26. The van der Waals surface area contributed by atoms with Crippen LogP contribution in [0.4, 0.5) is 0 Å². The van der Waals surface area contributed by atoms with E-state index in [0.29, 0.717) is 11.7 Å². The first-order valence-electron chi connectivity index (χ1n) is 9.26. The summed E-state index contributed by atoms with van der Waals surface area (Å²) in [5, 5.41) is 17.6. The van der Waals surface area contributed by atoms with E-state index in [2.05, 4.69) is 10.2 Å². The number of ether oxygens (including phenoxy) is 1. The average Bonchev–Trinajstić information content (AvgIpc) is 3.47. The van der Waals surface area contributed by atoms with Gasteiger partial charge in [-0.3, -0.25) is 4.57 Å². The smallest absolute Gasteiger partial charge is 0.343 e. The first-order chi connectivity index (χ1) is 14.5. The van der Waals surface area contributed by atoms with E-state index < -0.39 is 12.1 Å². The first kappa shape index (κ1) is 19.2. The second-order valence-corrected chi connectivity index (χ2v) is 6.77. The number of rotatable bonds is 5. The number of carbonyl (C=O) groups is 1. The average molecular weight is 402 g/mol. The van der Waals surface area contributed by atoms with E-state index >= 15 is 0 Å². The van der Waals surface area contributed by atoms with E-state index in [9.17, 15) is 10.1 Å². The fourth-order valence-electron chi connectivity index (χ4n) is 3.01. The zero-order chi connectivity index (χ0) is 21.3. The molecule has 8 heteroatoms. The third-order valence-corrected chi connectivity index (χ3v) is 4.59. The van der Waals surface area contributed by atoms with Crippen LogP contribution in [0.15, 0.2) is 57.6 Å². The van der Waals surface area contributed by atoms with Gasteiger partial charge in [-0.15, -0.1) is 10.2 Å². The third-order valence-electron chi connectivity index (χ3n) is 4.59. The number of hydrogen-bond acceptors (Lipinski definition) is 7. The summed E-state index contributed by atoms with van der Waals surface area (Å²) in [6.45, 7) is 5.22. The van der Waals surface area contributed by atoms with Crippen molar-refractivity contribution < 1.29 is 18.4 Å². The molecule has 0 bridgehead atoms. The lowest BCUT2D eigenvalue weighted by atomic mass is 10.1. The summed E-state index contributed by atoms with van der Waals surface area (Å²) in [6, 6.07) is 13.2. The van der Waals surface area contributed by atoms with Crippen LogP contribution < -0.4 is 0 Å². The lowest BCUT2D eigenvalue weighted by Crippen LogP contribution is -2.11. The SMILES string of the molecule is Cc1ccc(-c2nnc([C@@H](C)OC(=O)c3c(C)oc(-n4cccc4)c3C#N)o2)cc1. The topological polar surface area (TPSA) is 107 Å². The number of hydrogen-bond donors (Lipinski definition) is 0. The molecule has 0 fully saturated rings. The Bertz CT molecular complexity index is 1230. The Morgan fingerprint density at radius 3 is 2.50 bits per heavy atom. The van der Waals surface area contributed by atoms with Crippen LogP contribution in [0.1, 0.15) is 46.2 Å². The number of aryl methyl sites for hydroxylation is 2. The Morgan fingerprint density at radius 1 is 1.13 bits per heavy atom. The molecule has 0 radical (unpaired) electrons. The highest BCUT2D eigenvalue weighted by Crippen LogP contribution is 2.28. The summed E-state index contributed by atoms with van der Waals surface area (Å²) in [4.78, 5) is 12.8. The third kappa shape index (κ3) is 3.49. The number of aromatic nitrogens is 3. The largest absolute Gasteiger partial charge is 0.449 e. The zero-order valence-electron chi connectivity index (χ0n) is 16.6. The molecular formula is C22H18N4O4. The molecular weight excluding hydrogens is 384 g/mol. The molecule has 1 atom stereocenters. The molecule has 30 heavy (non-hydrogen) atoms. The Balaban J connectivity index is 1.56. The molecule has 3 heterocycles. The quantitative estimate of drug-likeness (QED) is 0.451. The van der Waals surface area contributed by atoms with Crippen molar-refractivity contribution in [3.63, 3.8) is 0 Å². The fourth-order valence-corrected chi connectivity index (χ4v) is 3.01. The van der Waals surface area contributed by atoms with Gasteiger partial charge in [0.2, 0.25) is 11.8 Å². The van der Waals surface area contributed by atoms with Gasteiger partial charge in [0.1, 0.15) is 23.0 Å². The fraction of sp³-hybridized carbons (Fsp3) is 0.182. The minimum atomic E-state index is -0.805. The summed E-state index contributed by atoms with van der Waals surface area (Å²) in [6.07, 6.45) is 2.64. The highest BCUT2D eigenvalue weighted by molar-refractivity contribution is 5.94. The number of nitrogens with zero attached hydrogens (tertiary/aromatic N) is 4. The van der Waals surface area contributed by atoms with E-state index in [1.54, 1.807) is 42.9 Å². The van der Waals surface area contributed by atoms with Gasteiger partial charge in [0.15, 0.2) is 6.10 Å². The van der Waals surface area contributed by atoms with Crippen molar-refractivity contribution in [2.45, 2.75) is 26.9 Å². The number of furan rings is 1. The maximum atomic E-state index is 12.8. The van der Waals surface area contributed by atoms with Crippen LogP contribution in [0.2, 0.25) is 0 Å². The van der Waals surface area contributed by atoms with Gasteiger partial charge < -0.3 is 13.6 Å². The van der Waals surface area contributed by atoms with Gasteiger partial charge in [-0.05, 0) is 45.0 Å². The lowest BCUT2D eigenvalue weighted by molar-refractivity contribution is 0.0277. The molecule has 0 unspecified atom stereocenters. The molecule has 0 saturated heterocycles. The summed E-state index contributed by atoms with van der Waals surface area (Å²) < 4.78 is 18.4. The maximum absolute atomic E-state index is 12.8. The molecule has 1 aromatic carbocycles. The van der Waals surface area contributed by atoms with Crippen LogP contribution in [-0.4, -0.2) is 20.7 Å². The van der Waals surface area contributed by atoms with E-state index in [1.165, 1.54) is 0 Å². The second kappa shape index (κ2) is 7.72. The molecule has 150 valence electrons. The normalized spacial score (nSPS) is 11.8. The molecule has 4 rings (SSSR count). The van der Waals surface area contributed by atoms with Crippen LogP contribution >= 0.6 is 0 Å². The van der Waals surface area contributed by atoms with E-state index in [0.717, 1.165) is 11.1 Å². The Kier molecular flexibility index (Phi) is 4.94. The number of esters is 1. The Morgan fingerprint density at radius 2 is 1.83 bits per heavy atom. The predicted octanol–water partition coefficient (Wildman–Crippen LogP) is 4.53. The van der Waals surface area contributed by atoms with Gasteiger partial charge in [-0.2, -0.15) is 5.26 Å². The second-order valence-electron chi connectivity index (χ2n) is 6.77. The minimum Gasteiger partial charge on any atom is -0.449 e. The van der Waals surface area contributed by atoms with Gasteiger partial charge in [0, 0.05) is 18.0 Å². The summed E-state index contributed by atoms with van der Waals surface area (Å²) in [7, 11) is 0. The molecule has 0 amide bonds. The van der Waals surface area contributed by atoms with Gasteiger partial charge >= 0.3 is 5.97 Å². The minimum absolute atomic E-state index is 0.0753. The van der Waals surface area contributed by atoms with Crippen molar-refractivity contribution in [2.24, 2.45) is 0 Å². The van der Waals surface area contributed by atoms with Gasteiger partial charge in [-0.25, -0.2) is 4.79 Å². The van der Waals surface area contributed by atoms with E-state index in [4.69, 9.17) is 13.6 Å². The van der Waals surface area contributed by atoms with E-state index in [1.807, 2.05) is 37.3 Å². The van der Waals surface area contributed by atoms with Crippen molar-refractivity contribution in [1.82, 2.24) is 14.8 Å². The van der Waals surface area contributed by atoms with Gasteiger partial charge in [-0.1, -0.05) is 17.7 Å². The monoisotopic (exact) mass is 402 g/mol. The molecule has 0 aliphatic rings. The number of benzene rings is 1.